The Bertz CT molecular complexity index is 590. The average molecular weight is 348 g/mol. The summed E-state index contributed by atoms with van der Waals surface area (Å²) in [5, 5.41) is 1.19. The molecule has 19 heavy (non-hydrogen) atoms. The monoisotopic (exact) mass is 346 g/mol. The first-order valence-electron chi connectivity index (χ1n) is 5.51. The number of rotatable bonds is 4. The molecule has 0 aliphatic rings. The minimum atomic E-state index is -0.887. The summed E-state index contributed by atoms with van der Waals surface area (Å²) >= 11 is 9.38. The minimum Gasteiger partial charge on any atom is -0.487 e. The van der Waals surface area contributed by atoms with Gasteiger partial charge in [-0.05, 0) is 35.4 Å². The fraction of sp³-hybridized carbons (Fsp3) is 0.143. The molecule has 0 fully saturated rings. The van der Waals surface area contributed by atoms with E-state index >= 15 is 0 Å². The first kappa shape index (κ1) is 14.3. The molecular formula is C14H10BrClF2O. The van der Waals surface area contributed by atoms with E-state index in [0.29, 0.717) is 21.7 Å². The largest absolute Gasteiger partial charge is 0.487 e. The van der Waals surface area contributed by atoms with E-state index in [-0.39, 0.29) is 6.61 Å². The highest BCUT2D eigenvalue weighted by atomic mass is 79.9. The van der Waals surface area contributed by atoms with Gasteiger partial charge in [-0.2, -0.15) is 0 Å². The zero-order chi connectivity index (χ0) is 13.8. The van der Waals surface area contributed by atoms with Crippen LogP contribution in [0.4, 0.5) is 8.78 Å². The molecule has 1 nitrogen and oxygen atoms in total. The van der Waals surface area contributed by atoms with Crippen LogP contribution in [0.15, 0.2) is 36.4 Å². The van der Waals surface area contributed by atoms with Crippen molar-refractivity contribution in [3.8, 4) is 5.75 Å². The maximum Gasteiger partial charge on any atom is 0.159 e. The molecule has 0 spiro atoms. The lowest BCUT2D eigenvalue weighted by Crippen LogP contribution is -1.98. The summed E-state index contributed by atoms with van der Waals surface area (Å²) in [5.74, 6) is -1.25. The molecule has 0 bridgehead atoms. The van der Waals surface area contributed by atoms with Crippen LogP contribution in [0.2, 0.25) is 5.02 Å². The first-order valence-corrected chi connectivity index (χ1v) is 7.01. The van der Waals surface area contributed by atoms with E-state index in [0.717, 1.165) is 17.7 Å². The zero-order valence-electron chi connectivity index (χ0n) is 9.80. The van der Waals surface area contributed by atoms with Crippen molar-refractivity contribution < 1.29 is 13.5 Å². The van der Waals surface area contributed by atoms with Gasteiger partial charge < -0.3 is 4.74 Å². The standard InChI is InChI=1S/C14H10BrClF2O/c15-7-9-2-4-14(11(16)5-9)19-8-10-1-3-12(17)13(18)6-10/h1-6H,7-8H2. The quantitative estimate of drug-likeness (QED) is 0.700. The van der Waals surface area contributed by atoms with Crippen LogP contribution in [0, 0.1) is 11.6 Å². The van der Waals surface area contributed by atoms with Crippen LogP contribution in [-0.2, 0) is 11.9 Å². The van der Waals surface area contributed by atoms with E-state index in [9.17, 15) is 8.78 Å². The number of halogens is 4. The smallest absolute Gasteiger partial charge is 0.159 e. The van der Waals surface area contributed by atoms with Crippen molar-refractivity contribution in [1.29, 1.82) is 0 Å². The average Bonchev–Trinajstić information content (AvgIpc) is 2.41. The van der Waals surface area contributed by atoms with Crippen molar-refractivity contribution in [2.24, 2.45) is 0 Å². The van der Waals surface area contributed by atoms with Crippen molar-refractivity contribution in [2.75, 3.05) is 0 Å². The van der Waals surface area contributed by atoms with Gasteiger partial charge in [0, 0.05) is 5.33 Å². The molecule has 100 valence electrons. The maximum absolute atomic E-state index is 13.0. The van der Waals surface area contributed by atoms with E-state index < -0.39 is 11.6 Å². The lowest BCUT2D eigenvalue weighted by atomic mass is 10.2. The van der Waals surface area contributed by atoms with Crippen LogP contribution in [0.5, 0.6) is 5.75 Å². The highest BCUT2D eigenvalue weighted by Gasteiger charge is 2.06. The second kappa shape index (κ2) is 6.35. The number of ether oxygens (including phenoxy) is 1. The molecule has 0 aromatic heterocycles. The Labute approximate surface area is 123 Å². The summed E-state index contributed by atoms with van der Waals surface area (Å²) in [7, 11) is 0. The summed E-state index contributed by atoms with van der Waals surface area (Å²) in [6.45, 7) is 0.130. The van der Waals surface area contributed by atoms with E-state index in [1.165, 1.54) is 6.07 Å². The van der Waals surface area contributed by atoms with Gasteiger partial charge in [0.15, 0.2) is 11.6 Å². The lowest BCUT2D eigenvalue weighted by molar-refractivity contribution is 0.305. The number of alkyl halides is 1. The Morgan fingerprint density at radius 1 is 1.00 bits per heavy atom. The van der Waals surface area contributed by atoms with Crippen molar-refractivity contribution >= 4 is 27.5 Å². The SMILES string of the molecule is Fc1ccc(COc2ccc(CBr)cc2Cl)cc1F. The third-order valence-electron chi connectivity index (χ3n) is 2.53. The van der Waals surface area contributed by atoms with Gasteiger partial charge in [0.05, 0.1) is 5.02 Å². The molecule has 0 radical (unpaired) electrons. The zero-order valence-corrected chi connectivity index (χ0v) is 12.1. The van der Waals surface area contributed by atoms with Gasteiger partial charge in [-0.15, -0.1) is 0 Å². The van der Waals surface area contributed by atoms with E-state index in [1.54, 1.807) is 12.1 Å². The second-order valence-corrected chi connectivity index (χ2v) is 4.90. The van der Waals surface area contributed by atoms with Crippen LogP contribution in [0.3, 0.4) is 0 Å². The van der Waals surface area contributed by atoms with Crippen molar-refractivity contribution in [2.45, 2.75) is 11.9 Å². The summed E-state index contributed by atoms with van der Waals surface area (Å²) in [6.07, 6.45) is 0. The van der Waals surface area contributed by atoms with E-state index in [2.05, 4.69) is 15.9 Å². The third kappa shape index (κ3) is 3.67. The van der Waals surface area contributed by atoms with Crippen molar-refractivity contribution in [1.82, 2.24) is 0 Å². The second-order valence-electron chi connectivity index (χ2n) is 3.94. The van der Waals surface area contributed by atoms with Crippen LogP contribution < -0.4 is 4.74 Å². The maximum atomic E-state index is 13.0. The van der Waals surface area contributed by atoms with Gasteiger partial charge in [0.1, 0.15) is 12.4 Å². The van der Waals surface area contributed by atoms with Crippen molar-refractivity contribution in [3.05, 3.63) is 64.2 Å². The van der Waals surface area contributed by atoms with Crippen LogP contribution in [-0.4, -0.2) is 0 Å². The molecule has 0 atom stereocenters. The van der Waals surface area contributed by atoms with Gasteiger partial charge >= 0.3 is 0 Å². The summed E-state index contributed by atoms with van der Waals surface area (Å²) in [4.78, 5) is 0. The summed E-state index contributed by atoms with van der Waals surface area (Å²) in [5.41, 5.74) is 1.57. The molecule has 5 heteroatoms. The third-order valence-corrected chi connectivity index (χ3v) is 3.47. The van der Waals surface area contributed by atoms with Gasteiger partial charge in [-0.3, -0.25) is 0 Å². The molecule has 0 amide bonds. The Morgan fingerprint density at radius 3 is 2.37 bits per heavy atom. The molecule has 2 aromatic carbocycles. The molecular weight excluding hydrogens is 338 g/mol. The first-order chi connectivity index (χ1) is 9.10. The van der Waals surface area contributed by atoms with Gasteiger partial charge in [0.25, 0.3) is 0 Å². The minimum absolute atomic E-state index is 0.130. The number of benzene rings is 2. The summed E-state index contributed by atoms with van der Waals surface area (Å²) in [6, 6.07) is 9.07. The predicted molar refractivity (Wildman–Crippen MR) is 74.8 cm³/mol. The van der Waals surface area contributed by atoms with E-state index in [4.69, 9.17) is 16.3 Å². The Kier molecular flexibility index (Phi) is 4.77. The number of hydrogen-bond donors (Lipinski definition) is 0. The van der Waals surface area contributed by atoms with Crippen LogP contribution in [0.1, 0.15) is 11.1 Å². The topological polar surface area (TPSA) is 9.23 Å². The normalized spacial score (nSPS) is 10.5. The van der Waals surface area contributed by atoms with Crippen molar-refractivity contribution in [3.63, 3.8) is 0 Å². The van der Waals surface area contributed by atoms with Gasteiger partial charge in [0.2, 0.25) is 0 Å². The highest BCUT2D eigenvalue weighted by Crippen LogP contribution is 2.27. The Morgan fingerprint density at radius 2 is 1.74 bits per heavy atom. The Balaban J connectivity index is 2.07. The van der Waals surface area contributed by atoms with Crippen LogP contribution >= 0.6 is 27.5 Å². The Hall–Kier alpha value is -1.13. The number of hydrogen-bond acceptors (Lipinski definition) is 1. The fourth-order valence-electron chi connectivity index (χ4n) is 1.54. The molecule has 0 saturated heterocycles. The predicted octanol–water partition coefficient (Wildman–Crippen LogP) is 5.09. The molecule has 2 aromatic rings. The molecule has 2 rings (SSSR count). The fourth-order valence-corrected chi connectivity index (χ4v) is 2.14. The molecule has 0 N–H and O–H groups in total. The van der Waals surface area contributed by atoms with Gasteiger partial charge in [-0.25, -0.2) is 8.78 Å². The molecule has 0 aliphatic carbocycles. The lowest BCUT2D eigenvalue weighted by Gasteiger charge is -2.09. The molecule has 0 aliphatic heterocycles. The highest BCUT2D eigenvalue weighted by molar-refractivity contribution is 9.08. The van der Waals surface area contributed by atoms with Gasteiger partial charge in [-0.1, -0.05) is 39.7 Å². The molecule has 0 heterocycles. The summed E-state index contributed by atoms with van der Waals surface area (Å²) < 4.78 is 31.3. The van der Waals surface area contributed by atoms with E-state index in [1.807, 2.05) is 6.07 Å². The molecule has 0 unspecified atom stereocenters. The van der Waals surface area contributed by atoms with Crippen LogP contribution in [0.25, 0.3) is 0 Å². The molecule has 0 saturated carbocycles.